The molecule has 2 rings (SSSR count). The van der Waals surface area contributed by atoms with Crippen molar-refractivity contribution in [1.82, 2.24) is 10.4 Å². The Morgan fingerprint density at radius 3 is 2.08 bits per heavy atom. The normalized spacial score (nSPS) is 42.8. The number of nitrogens with one attached hydrogen (secondary N) is 2. The van der Waals surface area contributed by atoms with Crippen LogP contribution < -0.4 is 21.9 Å². The second-order valence-corrected chi connectivity index (χ2v) is 7.32. The van der Waals surface area contributed by atoms with Gasteiger partial charge in [0.1, 0.15) is 36.9 Å². The number of hydrogen-bond acceptors (Lipinski definition) is 11. The molecule has 0 saturated carbocycles. The number of methoxy groups -OCH3 is 1. The van der Waals surface area contributed by atoms with Gasteiger partial charge in [-0.25, -0.2) is 5.09 Å². The largest absolute Gasteiger partial charge is 0.387 e. The number of likely N-dealkylation sites (N-methyl/N-ethyl adjacent to an activating group) is 1. The fourth-order valence-corrected chi connectivity index (χ4v) is 4.08. The van der Waals surface area contributed by atoms with Crippen molar-refractivity contribution in [2.75, 3.05) is 34.5 Å². The molecule has 0 spiro atoms. The summed E-state index contributed by atoms with van der Waals surface area (Å²) in [4.78, 5) is 0. The predicted molar refractivity (Wildman–Crippen MR) is 89.2 cm³/mol. The minimum Gasteiger partial charge on any atom is -0.387 e. The van der Waals surface area contributed by atoms with Crippen molar-refractivity contribution >= 4 is 8.53 Å². The Balaban J connectivity index is 1.89. The molecule has 0 aromatic rings. The van der Waals surface area contributed by atoms with Crippen molar-refractivity contribution in [2.24, 2.45) is 11.5 Å². The highest BCUT2D eigenvalue weighted by Crippen LogP contribution is 2.37. The van der Waals surface area contributed by atoms with Crippen LogP contribution in [-0.2, 0) is 23.3 Å². The van der Waals surface area contributed by atoms with Crippen LogP contribution in [0, 0.1) is 0 Å². The number of aliphatic hydroxyl groups excluding tert-OH is 2. The summed E-state index contributed by atoms with van der Waals surface area (Å²) in [6.07, 6.45) is -4.20. The standard InChI is InChI=1S/C13H29N4O7P/c1-16-8-7(24-12(14)10(8)18)5-22-25(21-3)17-9-6(4-20-2)23-13(15)11(9)19/h6-13,16-19H,4-5,14-15H2,1-3H3. The maximum atomic E-state index is 10.2. The summed E-state index contributed by atoms with van der Waals surface area (Å²) in [5, 5.41) is 26.2. The SMILES string of the molecule is CNC1C(COP(NC2C(COC)OC(N)C2O)OC)OC(N)C1O. The minimum atomic E-state index is -1.55. The Kier molecular flexibility index (Phi) is 8.34. The zero-order valence-electron chi connectivity index (χ0n) is 14.6. The smallest absolute Gasteiger partial charge is 0.256 e. The van der Waals surface area contributed by atoms with Crippen molar-refractivity contribution in [2.45, 2.75) is 49.0 Å². The first kappa shape index (κ1) is 21.3. The first-order valence-electron chi connectivity index (χ1n) is 8.00. The molecule has 2 heterocycles. The Labute approximate surface area is 148 Å². The van der Waals surface area contributed by atoms with Gasteiger partial charge < -0.3 is 50.3 Å². The monoisotopic (exact) mass is 384 g/mol. The molecule has 148 valence electrons. The molecule has 0 aromatic heterocycles. The van der Waals surface area contributed by atoms with Crippen molar-refractivity contribution in [3.05, 3.63) is 0 Å². The second kappa shape index (κ2) is 9.79. The fourth-order valence-electron chi connectivity index (χ4n) is 2.95. The van der Waals surface area contributed by atoms with Gasteiger partial charge in [-0.2, -0.15) is 0 Å². The van der Waals surface area contributed by atoms with Gasteiger partial charge in [0.15, 0.2) is 0 Å². The zero-order valence-corrected chi connectivity index (χ0v) is 15.5. The zero-order chi connectivity index (χ0) is 18.6. The molecule has 25 heavy (non-hydrogen) atoms. The highest BCUT2D eigenvalue weighted by Gasteiger charge is 2.44. The van der Waals surface area contributed by atoms with Crippen LogP contribution in [0.5, 0.6) is 0 Å². The molecule has 9 atom stereocenters. The first-order valence-corrected chi connectivity index (χ1v) is 9.18. The number of ether oxygens (including phenoxy) is 3. The van der Waals surface area contributed by atoms with Gasteiger partial charge in [0.05, 0.1) is 25.3 Å². The number of hydrogen-bond donors (Lipinski definition) is 6. The van der Waals surface area contributed by atoms with E-state index in [0.29, 0.717) is 0 Å². The molecule has 12 heteroatoms. The van der Waals surface area contributed by atoms with Gasteiger partial charge >= 0.3 is 0 Å². The number of nitrogens with two attached hydrogens (primary N) is 2. The molecule has 2 fully saturated rings. The first-order chi connectivity index (χ1) is 11.9. The summed E-state index contributed by atoms with van der Waals surface area (Å²) >= 11 is 0. The number of aliphatic hydroxyl groups is 2. The molecule has 9 unspecified atom stereocenters. The van der Waals surface area contributed by atoms with Crippen molar-refractivity contribution in [3.8, 4) is 0 Å². The van der Waals surface area contributed by atoms with E-state index >= 15 is 0 Å². The Hall–Kier alpha value is -0.0100. The number of rotatable bonds is 9. The topological polar surface area (TPSA) is 163 Å². The average molecular weight is 384 g/mol. The van der Waals surface area contributed by atoms with Crippen LogP contribution in [0.25, 0.3) is 0 Å². The lowest BCUT2D eigenvalue weighted by atomic mass is 10.1. The lowest BCUT2D eigenvalue weighted by Gasteiger charge is -2.27. The van der Waals surface area contributed by atoms with Crippen LogP contribution in [0.1, 0.15) is 0 Å². The summed E-state index contributed by atoms with van der Waals surface area (Å²) in [6.45, 7) is 0.414. The van der Waals surface area contributed by atoms with E-state index in [9.17, 15) is 10.2 Å². The van der Waals surface area contributed by atoms with E-state index in [1.807, 2.05) is 0 Å². The van der Waals surface area contributed by atoms with Gasteiger partial charge in [0.2, 0.25) is 0 Å². The van der Waals surface area contributed by atoms with Crippen LogP contribution in [0.15, 0.2) is 0 Å². The summed E-state index contributed by atoms with van der Waals surface area (Å²) in [7, 11) is 3.18. The van der Waals surface area contributed by atoms with Gasteiger partial charge in [-0.1, -0.05) is 0 Å². The minimum absolute atomic E-state index is 0.146. The molecular weight excluding hydrogens is 355 g/mol. The molecule has 11 nitrogen and oxygen atoms in total. The molecular formula is C13H29N4O7P. The van der Waals surface area contributed by atoms with Gasteiger partial charge in [0, 0.05) is 14.2 Å². The van der Waals surface area contributed by atoms with Gasteiger partial charge in [-0.15, -0.1) is 0 Å². The molecule has 2 aliphatic heterocycles. The van der Waals surface area contributed by atoms with Gasteiger partial charge in [-0.3, -0.25) is 0 Å². The van der Waals surface area contributed by atoms with Crippen LogP contribution in [0.2, 0.25) is 0 Å². The third-order valence-corrected chi connectivity index (χ3v) is 5.54. The van der Waals surface area contributed by atoms with Crippen molar-refractivity contribution in [3.63, 3.8) is 0 Å². The molecule has 0 aromatic carbocycles. The Bertz CT molecular complexity index is 413. The summed E-state index contributed by atoms with van der Waals surface area (Å²) in [6, 6.07) is -0.850. The molecule has 2 saturated heterocycles. The fraction of sp³-hybridized carbons (Fsp3) is 1.00. The highest BCUT2D eigenvalue weighted by molar-refractivity contribution is 7.44. The van der Waals surface area contributed by atoms with Crippen LogP contribution in [-0.4, -0.2) is 93.6 Å². The summed E-state index contributed by atoms with van der Waals surface area (Å²) in [5.74, 6) is 0. The van der Waals surface area contributed by atoms with E-state index in [1.165, 1.54) is 14.2 Å². The van der Waals surface area contributed by atoms with E-state index < -0.39 is 51.4 Å². The summed E-state index contributed by atoms with van der Waals surface area (Å²) < 4.78 is 27.1. The van der Waals surface area contributed by atoms with Crippen molar-refractivity contribution in [1.29, 1.82) is 0 Å². The van der Waals surface area contributed by atoms with E-state index in [-0.39, 0.29) is 19.3 Å². The second-order valence-electron chi connectivity index (χ2n) is 5.92. The van der Waals surface area contributed by atoms with Crippen LogP contribution in [0.4, 0.5) is 0 Å². The third-order valence-electron chi connectivity index (χ3n) is 4.31. The lowest BCUT2D eigenvalue weighted by Crippen LogP contribution is -2.46. The molecule has 0 radical (unpaired) electrons. The predicted octanol–water partition coefficient (Wildman–Crippen LogP) is -2.84. The molecule has 8 N–H and O–H groups in total. The molecule has 0 bridgehead atoms. The molecule has 2 aliphatic rings. The Morgan fingerprint density at radius 2 is 1.56 bits per heavy atom. The lowest BCUT2D eigenvalue weighted by molar-refractivity contribution is -0.0163. The maximum absolute atomic E-state index is 10.2. The quantitative estimate of drug-likeness (QED) is 0.227. The maximum Gasteiger partial charge on any atom is 0.256 e. The van der Waals surface area contributed by atoms with E-state index in [4.69, 9.17) is 34.7 Å². The summed E-state index contributed by atoms with van der Waals surface area (Å²) in [5.41, 5.74) is 11.4. The Morgan fingerprint density at radius 1 is 1.00 bits per heavy atom. The van der Waals surface area contributed by atoms with Crippen molar-refractivity contribution < 1.29 is 33.5 Å². The highest BCUT2D eigenvalue weighted by atomic mass is 31.2. The molecule has 0 amide bonds. The van der Waals surface area contributed by atoms with Gasteiger partial charge in [0.25, 0.3) is 8.53 Å². The molecule has 0 aliphatic carbocycles. The van der Waals surface area contributed by atoms with Crippen LogP contribution >= 0.6 is 8.53 Å². The van der Waals surface area contributed by atoms with E-state index in [0.717, 1.165) is 0 Å². The van der Waals surface area contributed by atoms with Crippen LogP contribution in [0.3, 0.4) is 0 Å². The van der Waals surface area contributed by atoms with E-state index in [2.05, 4.69) is 10.4 Å². The average Bonchev–Trinajstić information content (AvgIpc) is 3.01. The van der Waals surface area contributed by atoms with E-state index in [1.54, 1.807) is 7.05 Å². The third kappa shape index (κ3) is 5.04. The van der Waals surface area contributed by atoms with Gasteiger partial charge in [-0.05, 0) is 7.05 Å².